The lowest BCUT2D eigenvalue weighted by Crippen LogP contribution is -2.37. The van der Waals surface area contributed by atoms with Crippen molar-refractivity contribution in [3.8, 4) is 0 Å². The van der Waals surface area contributed by atoms with Crippen LogP contribution in [0.15, 0.2) is 43.0 Å². The van der Waals surface area contributed by atoms with E-state index in [2.05, 4.69) is 36.9 Å². The van der Waals surface area contributed by atoms with Gasteiger partial charge in [-0.1, -0.05) is 0 Å². The molecule has 2 fully saturated rings. The van der Waals surface area contributed by atoms with Crippen LogP contribution in [0, 0.1) is 0 Å². The molecule has 2 atom stereocenters. The van der Waals surface area contributed by atoms with Crippen LogP contribution in [0.5, 0.6) is 0 Å². The fourth-order valence-electron chi connectivity index (χ4n) is 3.68. The predicted octanol–water partition coefficient (Wildman–Crippen LogP) is 1.72. The van der Waals surface area contributed by atoms with Crippen molar-refractivity contribution >= 4 is 5.95 Å². The first kappa shape index (κ1) is 12.7. The Balaban J connectivity index is 1.49. The number of hydrogen-bond acceptors (Lipinski definition) is 5. The lowest BCUT2D eigenvalue weighted by atomic mass is 10.1. The molecule has 4 rings (SSSR count). The Labute approximate surface area is 124 Å². The maximum atomic E-state index is 4.42. The summed E-state index contributed by atoms with van der Waals surface area (Å²) in [6.45, 7) is 3.24. The molecule has 0 N–H and O–H groups in total. The van der Waals surface area contributed by atoms with Crippen molar-refractivity contribution in [1.29, 1.82) is 0 Å². The first-order valence-corrected chi connectivity index (χ1v) is 7.58. The third-order valence-corrected chi connectivity index (χ3v) is 4.64. The Kier molecular flexibility index (Phi) is 3.27. The minimum absolute atomic E-state index is 0.564. The minimum atomic E-state index is 0.564. The topological polar surface area (TPSA) is 45.2 Å². The molecule has 5 heteroatoms. The second-order valence-corrected chi connectivity index (χ2v) is 5.78. The largest absolute Gasteiger partial charge is 0.336 e. The summed E-state index contributed by atoms with van der Waals surface area (Å²) in [5.74, 6) is 0.885. The molecule has 4 heterocycles. The minimum Gasteiger partial charge on any atom is -0.336 e. The van der Waals surface area contributed by atoms with Gasteiger partial charge in [-0.05, 0) is 36.6 Å². The number of rotatable bonds is 3. The monoisotopic (exact) mass is 281 g/mol. The van der Waals surface area contributed by atoms with Gasteiger partial charge in [0.2, 0.25) is 5.95 Å². The van der Waals surface area contributed by atoms with Gasteiger partial charge in [0.1, 0.15) is 0 Å². The van der Waals surface area contributed by atoms with Crippen LogP contribution in [-0.4, -0.2) is 45.0 Å². The van der Waals surface area contributed by atoms with Gasteiger partial charge in [0.15, 0.2) is 0 Å². The Morgan fingerprint density at radius 1 is 0.952 bits per heavy atom. The molecule has 5 nitrogen and oxygen atoms in total. The highest BCUT2D eigenvalue weighted by atomic mass is 15.4. The lowest BCUT2D eigenvalue weighted by Gasteiger charge is -2.25. The molecule has 21 heavy (non-hydrogen) atoms. The molecule has 0 radical (unpaired) electrons. The third-order valence-electron chi connectivity index (χ3n) is 4.64. The molecular formula is C16H19N5. The van der Waals surface area contributed by atoms with Gasteiger partial charge in [-0.2, -0.15) is 0 Å². The zero-order valence-corrected chi connectivity index (χ0v) is 12.0. The predicted molar refractivity (Wildman–Crippen MR) is 80.8 cm³/mol. The molecule has 2 aromatic heterocycles. The molecule has 2 aromatic rings. The van der Waals surface area contributed by atoms with E-state index in [0.717, 1.165) is 25.6 Å². The number of nitrogens with zero attached hydrogens (tertiary/aromatic N) is 5. The molecule has 108 valence electrons. The average Bonchev–Trinajstić information content (AvgIpc) is 3.12. The lowest BCUT2D eigenvalue weighted by molar-refractivity contribution is 0.246. The van der Waals surface area contributed by atoms with Crippen LogP contribution in [0.2, 0.25) is 0 Å². The average molecular weight is 281 g/mol. The van der Waals surface area contributed by atoms with Gasteiger partial charge in [-0.3, -0.25) is 9.88 Å². The van der Waals surface area contributed by atoms with Crippen molar-refractivity contribution in [2.45, 2.75) is 31.5 Å². The molecule has 2 aliphatic heterocycles. The fourth-order valence-corrected chi connectivity index (χ4v) is 3.68. The summed E-state index contributed by atoms with van der Waals surface area (Å²) in [5, 5.41) is 0. The molecule has 0 spiro atoms. The van der Waals surface area contributed by atoms with E-state index in [0.29, 0.717) is 12.1 Å². The van der Waals surface area contributed by atoms with Crippen molar-refractivity contribution in [3.05, 3.63) is 48.5 Å². The SMILES string of the molecule is c1cnc(N2CC[C@@H]3[C@@H]2CCN3Cc2ccncc2)nc1. The van der Waals surface area contributed by atoms with Crippen molar-refractivity contribution in [2.24, 2.45) is 0 Å². The van der Waals surface area contributed by atoms with Crippen LogP contribution in [0.25, 0.3) is 0 Å². The quantitative estimate of drug-likeness (QED) is 0.857. The van der Waals surface area contributed by atoms with Crippen LogP contribution in [-0.2, 0) is 6.54 Å². The molecule has 0 aromatic carbocycles. The summed E-state index contributed by atoms with van der Waals surface area (Å²) < 4.78 is 0. The molecular weight excluding hydrogens is 262 g/mol. The van der Waals surface area contributed by atoms with Gasteiger partial charge in [-0.15, -0.1) is 0 Å². The Bertz CT molecular complexity index is 588. The zero-order chi connectivity index (χ0) is 14.1. The Morgan fingerprint density at radius 3 is 2.52 bits per heavy atom. The molecule has 0 amide bonds. The summed E-state index contributed by atoms with van der Waals surface area (Å²) >= 11 is 0. The van der Waals surface area contributed by atoms with E-state index in [-0.39, 0.29) is 0 Å². The number of fused-ring (bicyclic) bond motifs is 1. The zero-order valence-electron chi connectivity index (χ0n) is 12.0. The number of aromatic nitrogens is 3. The van der Waals surface area contributed by atoms with Gasteiger partial charge >= 0.3 is 0 Å². The Morgan fingerprint density at radius 2 is 1.71 bits per heavy atom. The second kappa shape index (κ2) is 5.41. The van der Waals surface area contributed by atoms with E-state index in [1.165, 1.54) is 18.4 Å². The molecule has 2 saturated heterocycles. The summed E-state index contributed by atoms with van der Waals surface area (Å²) in [6, 6.07) is 7.29. The maximum Gasteiger partial charge on any atom is 0.225 e. The van der Waals surface area contributed by atoms with E-state index in [4.69, 9.17) is 0 Å². The molecule has 2 aliphatic rings. The van der Waals surface area contributed by atoms with E-state index in [1.54, 1.807) is 0 Å². The number of pyridine rings is 1. The van der Waals surface area contributed by atoms with Crippen molar-refractivity contribution in [3.63, 3.8) is 0 Å². The molecule has 0 saturated carbocycles. The smallest absolute Gasteiger partial charge is 0.225 e. The van der Waals surface area contributed by atoms with E-state index in [9.17, 15) is 0 Å². The normalized spacial score (nSPS) is 25.2. The highest BCUT2D eigenvalue weighted by Crippen LogP contribution is 2.34. The molecule has 0 unspecified atom stereocenters. The van der Waals surface area contributed by atoms with Crippen LogP contribution in [0.1, 0.15) is 18.4 Å². The maximum absolute atomic E-state index is 4.42. The van der Waals surface area contributed by atoms with Crippen LogP contribution >= 0.6 is 0 Å². The van der Waals surface area contributed by atoms with Gasteiger partial charge in [0.25, 0.3) is 0 Å². The van der Waals surface area contributed by atoms with Crippen molar-refractivity contribution in [2.75, 3.05) is 18.0 Å². The van der Waals surface area contributed by atoms with Crippen LogP contribution < -0.4 is 4.90 Å². The summed E-state index contributed by atoms with van der Waals surface area (Å²) in [6.07, 6.45) is 9.82. The summed E-state index contributed by atoms with van der Waals surface area (Å²) in [4.78, 5) is 17.9. The molecule has 0 bridgehead atoms. The van der Waals surface area contributed by atoms with E-state index in [1.807, 2.05) is 30.9 Å². The third kappa shape index (κ3) is 2.38. The first-order valence-electron chi connectivity index (χ1n) is 7.58. The van der Waals surface area contributed by atoms with Crippen LogP contribution in [0.4, 0.5) is 5.95 Å². The number of anilines is 1. The summed E-state index contributed by atoms with van der Waals surface area (Å²) in [5.41, 5.74) is 1.35. The van der Waals surface area contributed by atoms with Crippen molar-refractivity contribution < 1.29 is 0 Å². The first-order chi connectivity index (χ1) is 10.4. The van der Waals surface area contributed by atoms with Crippen LogP contribution in [0.3, 0.4) is 0 Å². The fraction of sp³-hybridized carbons (Fsp3) is 0.438. The van der Waals surface area contributed by atoms with Gasteiger partial charge < -0.3 is 4.90 Å². The molecule has 0 aliphatic carbocycles. The van der Waals surface area contributed by atoms with E-state index < -0.39 is 0 Å². The van der Waals surface area contributed by atoms with Gasteiger partial charge in [0, 0.05) is 56.5 Å². The number of hydrogen-bond donors (Lipinski definition) is 0. The Hall–Kier alpha value is -2.01. The highest BCUT2D eigenvalue weighted by Gasteiger charge is 2.43. The van der Waals surface area contributed by atoms with Crippen molar-refractivity contribution in [1.82, 2.24) is 19.9 Å². The number of likely N-dealkylation sites (tertiary alicyclic amines) is 1. The standard InChI is InChI=1S/C16H19N5/c1-6-18-16(19-7-1)21-11-5-14-15(21)4-10-20(14)12-13-2-8-17-9-3-13/h1-3,6-9,14-15H,4-5,10-12H2/t14-,15+/m1/s1. The van der Waals surface area contributed by atoms with Gasteiger partial charge in [0.05, 0.1) is 0 Å². The summed E-state index contributed by atoms with van der Waals surface area (Å²) in [7, 11) is 0. The second-order valence-electron chi connectivity index (χ2n) is 5.78. The van der Waals surface area contributed by atoms with E-state index >= 15 is 0 Å². The van der Waals surface area contributed by atoms with Gasteiger partial charge in [-0.25, -0.2) is 9.97 Å². The highest BCUT2D eigenvalue weighted by molar-refractivity contribution is 5.35.